The van der Waals surface area contributed by atoms with E-state index in [0.717, 1.165) is 36.0 Å². The van der Waals surface area contributed by atoms with E-state index in [4.69, 9.17) is 0 Å². The molecule has 1 aliphatic heterocycles. The summed E-state index contributed by atoms with van der Waals surface area (Å²) in [6, 6.07) is 6.06. The van der Waals surface area contributed by atoms with Crippen LogP contribution >= 0.6 is 0 Å². The van der Waals surface area contributed by atoms with Crippen molar-refractivity contribution in [1.29, 1.82) is 0 Å². The van der Waals surface area contributed by atoms with Gasteiger partial charge in [0, 0.05) is 6.54 Å². The molecule has 0 bridgehead atoms. The molecule has 1 atom stereocenters. The highest BCUT2D eigenvalue weighted by Crippen LogP contribution is 2.14. The summed E-state index contributed by atoms with van der Waals surface area (Å²) in [6.45, 7) is 3.83. The molecule has 0 spiro atoms. The molecule has 2 aromatic rings. The van der Waals surface area contributed by atoms with Crippen molar-refractivity contribution >= 4 is 10.9 Å². The number of benzene rings is 1. The molecular formula is C13H15N3O. The quantitative estimate of drug-likeness (QED) is 0.800. The number of rotatable bonds is 1. The predicted molar refractivity (Wildman–Crippen MR) is 67.3 cm³/mol. The van der Waals surface area contributed by atoms with Crippen LogP contribution in [0.25, 0.3) is 10.9 Å². The van der Waals surface area contributed by atoms with Crippen LogP contribution in [-0.4, -0.2) is 22.6 Å². The van der Waals surface area contributed by atoms with Gasteiger partial charge in [-0.3, -0.25) is 9.36 Å². The first-order valence-corrected chi connectivity index (χ1v) is 5.94. The summed E-state index contributed by atoms with van der Waals surface area (Å²) < 4.78 is 1.77. The number of fused-ring (bicyclic) bond motifs is 1. The first-order valence-electron chi connectivity index (χ1n) is 5.94. The van der Waals surface area contributed by atoms with E-state index in [9.17, 15) is 4.79 Å². The van der Waals surface area contributed by atoms with Crippen LogP contribution in [0.1, 0.15) is 18.0 Å². The van der Waals surface area contributed by atoms with E-state index in [1.165, 1.54) is 0 Å². The van der Waals surface area contributed by atoms with Crippen LogP contribution in [0, 0.1) is 6.92 Å². The Labute approximate surface area is 99.3 Å². The summed E-state index contributed by atoms with van der Waals surface area (Å²) >= 11 is 0. The van der Waals surface area contributed by atoms with Gasteiger partial charge >= 0.3 is 0 Å². The molecule has 1 N–H and O–H groups in total. The molecule has 0 aliphatic carbocycles. The van der Waals surface area contributed by atoms with Crippen molar-refractivity contribution in [3.8, 4) is 0 Å². The minimum Gasteiger partial charge on any atom is -0.315 e. The fourth-order valence-electron chi connectivity index (χ4n) is 2.39. The van der Waals surface area contributed by atoms with Crippen LogP contribution in [0.2, 0.25) is 0 Å². The largest absolute Gasteiger partial charge is 0.315 e. The summed E-state index contributed by atoms with van der Waals surface area (Å²) in [5.74, 6) is 0. The molecule has 1 fully saturated rings. The molecule has 2 heterocycles. The zero-order chi connectivity index (χ0) is 11.8. The van der Waals surface area contributed by atoms with Crippen LogP contribution in [0.5, 0.6) is 0 Å². The molecule has 4 nitrogen and oxygen atoms in total. The van der Waals surface area contributed by atoms with Crippen LogP contribution in [0.3, 0.4) is 0 Å². The maximum Gasteiger partial charge on any atom is 0.261 e. The van der Waals surface area contributed by atoms with E-state index in [0.29, 0.717) is 0 Å². The minimum absolute atomic E-state index is 0.0763. The summed E-state index contributed by atoms with van der Waals surface area (Å²) in [4.78, 5) is 16.7. The fraction of sp³-hybridized carbons (Fsp3) is 0.385. The van der Waals surface area contributed by atoms with E-state index in [1.807, 2.05) is 25.1 Å². The van der Waals surface area contributed by atoms with Gasteiger partial charge in [-0.25, -0.2) is 4.98 Å². The average molecular weight is 229 g/mol. The molecule has 4 heteroatoms. The zero-order valence-corrected chi connectivity index (χ0v) is 9.81. The minimum atomic E-state index is 0.0763. The standard InChI is InChI=1S/C13H15N3O/c1-9-2-3-12-11(6-9)13(17)16(8-15-12)10-4-5-14-7-10/h2-3,6,8,10,14H,4-5,7H2,1H3. The number of hydrogen-bond donors (Lipinski definition) is 1. The Hall–Kier alpha value is -1.68. The monoisotopic (exact) mass is 229 g/mol. The third-order valence-corrected chi connectivity index (χ3v) is 3.37. The summed E-state index contributed by atoms with van der Waals surface area (Å²) in [7, 11) is 0. The Bertz CT molecular complexity index is 612. The molecule has 1 aliphatic rings. The highest BCUT2D eigenvalue weighted by Gasteiger charge is 2.18. The fourth-order valence-corrected chi connectivity index (χ4v) is 2.39. The molecule has 0 saturated carbocycles. The highest BCUT2D eigenvalue weighted by atomic mass is 16.1. The second kappa shape index (κ2) is 3.96. The summed E-state index contributed by atoms with van der Waals surface area (Å²) in [5.41, 5.74) is 1.95. The molecule has 0 radical (unpaired) electrons. The summed E-state index contributed by atoms with van der Waals surface area (Å²) in [5, 5.41) is 3.99. The Morgan fingerprint density at radius 1 is 1.47 bits per heavy atom. The van der Waals surface area contributed by atoms with Crippen molar-refractivity contribution in [2.45, 2.75) is 19.4 Å². The SMILES string of the molecule is Cc1ccc2ncn(C3CCNC3)c(=O)c2c1. The van der Waals surface area contributed by atoms with Gasteiger partial charge in [-0.1, -0.05) is 11.6 Å². The first kappa shape index (κ1) is 10.5. The molecule has 1 saturated heterocycles. The second-order valence-corrected chi connectivity index (χ2v) is 4.62. The maximum absolute atomic E-state index is 12.4. The zero-order valence-electron chi connectivity index (χ0n) is 9.81. The molecule has 1 aromatic heterocycles. The number of nitrogens with zero attached hydrogens (tertiary/aromatic N) is 2. The first-order chi connectivity index (χ1) is 8.25. The van der Waals surface area contributed by atoms with E-state index >= 15 is 0 Å². The van der Waals surface area contributed by atoms with Crippen molar-refractivity contribution in [2.24, 2.45) is 0 Å². The lowest BCUT2D eigenvalue weighted by atomic mass is 10.1. The molecule has 1 unspecified atom stereocenters. The van der Waals surface area contributed by atoms with Gasteiger partial charge < -0.3 is 5.32 Å². The van der Waals surface area contributed by atoms with Gasteiger partial charge in [0.1, 0.15) is 0 Å². The topological polar surface area (TPSA) is 46.9 Å². The molecule has 0 amide bonds. The Balaban J connectivity index is 2.21. The smallest absolute Gasteiger partial charge is 0.261 e. The van der Waals surface area contributed by atoms with Crippen LogP contribution < -0.4 is 10.9 Å². The molecule has 17 heavy (non-hydrogen) atoms. The Morgan fingerprint density at radius 2 is 2.35 bits per heavy atom. The third kappa shape index (κ3) is 1.74. The Morgan fingerprint density at radius 3 is 3.12 bits per heavy atom. The molecule has 1 aromatic carbocycles. The lowest BCUT2D eigenvalue weighted by Gasteiger charge is -2.12. The van der Waals surface area contributed by atoms with Crippen LogP contribution in [0.15, 0.2) is 29.3 Å². The van der Waals surface area contributed by atoms with Gasteiger partial charge in [0.05, 0.1) is 23.3 Å². The predicted octanol–water partition coefficient (Wildman–Crippen LogP) is 1.24. The number of aromatic nitrogens is 2. The number of aryl methyl sites for hydroxylation is 1. The Kier molecular flexibility index (Phi) is 2.44. The summed E-state index contributed by atoms with van der Waals surface area (Å²) in [6.07, 6.45) is 2.68. The number of nitrogens with one attached hydrogen (secondary N) is 1. The van der Waals surface area contributed by atoms with Crippen molar-refractivity contribution in [3.63, 3.8) is 0 Å². The highest BCUT2D eigenvalue weighted by molar-refractivity contribution is 5.77. The van der Waals surface area contributed by atoms with Gasteiger partial charge in [-0.2, -0.15) is 0 Å². The lowest BCUT2D eigenvalue weighted by Crippen LogP contribution is -2.26. The van der Waals surface area contributed by atoms with E-state index < -0.39 is 0 Å². The third-order valence-electron chi connectivity index (χ3n) is 3.37. The van der Waals surface area contributed by atoms with Crippen molar-refractivity contribution < 1.29 is 0 Å². The molecule has 88 valence electrons. The van der Waals surface area contributed by atoms with E-state index in [-0.39, 0.29) is 11.6 Å². The van der Waals surface area contributed by atoms with E-state index in [1.54, 1.807) is 10.9 Å². The van der Waals surface area contributed by atoms with Gasteiger partial charge in [-0.15, -0.1) is 0 Å². The molecular weight excluding hydrogens is 214 g/mol. The van der Waals surface area contributed by atoms with Crippen LogP contribution in [0.4, 0.5) is 0 Å². The van der Waals surface area contributed by atoms with Gasteiger partial charge in [0.2, 0.25) is 0 Å². The van der Waals surface area contributed by atoms with Crippen molar-refractivity contribution in [3.05, 3.63) is 40.4 Å². The maximum atomic E-state index is 12.4. The van der Waals surface area contributed by atoms with Gasteiger partial charge in [-0.05, 0) is 32.0 Å². The average Bonchev–Trinajstić information content (AvgIpc) is 2.84. The number of hydrogen-bond acceptors (Lipinski definition) is 3. The normalized spacial score (nSPS) is 19.9. The van der Waals surface area contributed by atoms with Crippen molar-refractivity contribution in [2.75, 3.05) is 13.1 Å². The lowest BCUT2D eigenvalue weighted by molar-refractivity contribution is 0.525. The van der Waals surface area contributed by atoms with Crippen LogP contribution in [-0.2, 0) is 0 Å². The van der Waals surface area contributed by atoms with Crippen molar-refractivity contribution in [1.82, 2.24) is 14.9 Å². The molecule has 3 rings (SSSR count). The van der Waals surface area contributed by atoms with Gasteiger partial charge in [0.25, 0.3) is 5.56 Å². The second-order valence-electron chi connectivity index (χ2n) is 4.62. The van der Waals surface area contributed by atoms with E-state index in [2.05, 4.69) is 10.3 Å². The van der Waals surface area contributed by atoms with Gasteiger partial charge in [0.15, 0.2) is 0 Å².